The molecule has 2 aliphatic heterocycles. The molecule has 1 aromatic carbocycles. The molecule has 3 N–H and O–H groups in total. The topological polar surface area (TPSA) is 142 Å². The Kier molecular flexibility index (Phi) is 7.90. The number of anilines is 1. The van der Waals surface area contributed by atoms with Gasteiger partial charge >= 0.3 is 0 Å². The highest BCUT2D eigenvalue weighted by Crippen LogP contribution is 2.33. The number of benzene rings is 1. The summed E-state index contributed by atoms with van der Waals surface area (Å²) in [6.07, 6.45) is 1.21. The second-order valence-corrected chi connectivity index (χ2v) is 8.73. The van der Waals surface area contributed by atoms with E-state index in [4.69, 9.17) is 0 Å². The molecule has 4 rings (SSSR count). The summed E-state index contributed by atoms with van der Waals surface area (Å²) < 4.78 is 0. The van der Waals surface area contributed by atoms with E-state index in [1.807, 2.05) is 0 Å². The van der Waals surface area contributed by atoms with Crippen LogP contribution in [0.2, 0.25) is 0 Å². The van der Waals surface area contributed by atoms with Gasteiger partial charge in [0.25, 0.3) is 5.91 Å². The van der Waals surface area contributed by atoms with E-state index < -0.39 is 11.9 Å². The van der Waals surface area contributed by atoms with Crippen LogP contribution in [-0.2, 0) is 32.3 Å². The minimum atomic E-state index is -0.598. The Morgan fingerprint density at radius 1 is 1.18 bits per heavy atom. The van der Waals surface area contributed by atoms with Crippen molar-refractivity contribution in [1.29, 1.82) is 0 Å². The maximum absolute atomic E-state index is 12.4. The fourth-order valence-electron chi connectivity index (χ4n) is 3.68. The third-order valence-corrected chi connectivity index (χ3v) is 6.37. The number of hydrogen-bond donors (Lipinski definition) is 3. The normalized spacial score (nSPS) is 16.7. The third-order valence-electron chi connectivity index (χ3n) is 5.34. The number of thiophene rings is 1. The first kappa shape index (κ1) is 24.8. The second kappa shape index (κ2) is 10.8. The molecule has 0 radical (unpaired) electrons. The number of piperidine rings is 1. The molecule has 0 saturated carbocycles. The number of nitrogens with zero attached hydrogens (tertiary/aromatic N) is 1. The van der Waals surface area contributed by atoms with Crippen molar-refractivity contribution in [2.24, 2.45) is 0 Å². The summed E-state index contributed by atoms with van der Waals surface area (Å²) >= 11 is 1.42. The summed E-state index contributed by atoms with van der Waals surface area (Å²) in [7, 11) is 0. The largest absolute Gasteiger partial charge is 0.354 e. The van der Waals surface area contributed by atoms with E-state index in [1.165, 1.54) is 30.1 Å². The summed E-state index contributed by atoms with van der Waals surface area (Å²) in [5, 5.41) is 9.22. The summed E-state index contributed by atoms with van der Waals surface area (Å²) in [5.74, 6) is -0.994. The van der Waals surface area contributed by atoms with E-state index in [1.54, 1.807) is 29.6 Å². The average Bonchev–Trinajstić information content (AvgIpc) is 3.33. The Morgan fingerprint density at radius 2 is 1.88 bits per heavy atom. The Balaban J connectivity index is 0.000000215. The maximum atomic E-state index is 12.4. The molecule has 178 valence electrons. The van der Waals surface area contributed by atoms with Crippen molar-refractivity contribution >= 4 is 52.8 Å². The molecule has 2 aromatic rings. The molecule has 11 heteroatoms. The summed E-state index contributed by atoms with van der Waals surface area (Å²) in [6, 6.07) is 6.19. The van der Waals surface area contributed by atoms with Crippen molar-refractivity contribution in [3.63, 3.8) is 0 Å². The van der Waals surface area contributed by atoms with Crippen molar-refractivity contribution < 1.29 is 28.8 Å². The summed E-state index contributed by atoms with van der Waals surface area (Å²) in [5.41, 5.74) is 2.81. The van der Waals surface area contributed by atoms with Crippen LogP contribution >= 0.6 is 11.3 Å². The van der Waals surface area contributed by atoms with Gasteiger partial charge in [-0.05, 0) is 43.2 Å². The SMILES string of the molecule is CC(=O)Nc1ccc(C(C)=O)cc1.O=CNCc1scc2c1CN(C1CCC(=O)NC1=O)C2=O. The number of fused-ring (bicyclic) bond motifs is 1. The first-order valence-corrected chi connectivity index (χ1v) is 11.4. The number of Topliss-reactive ketones (excluding diaryl/α,β-unsaturated/α-hetero) is 1. The predicted octanol–water partition coefficient (Wildman–Crippen LogP) is 1.60. The highest BCUT2D eigenvalue weighted by atomic mass is 32.1. The molecule has 34 heavy (non-hydrogen) atoms. The zero-order valence-electron chi connectivity index (χ0n) is 18.7. The molecule has 0 aliphatic carbocycles. The molecule has 0 spiro atoms. The predicted molar refractivity (Wildman–Crippen MR) is 124 cm³/mol. The monoisotopic (exact) mass is 484 g/mol. The van der Waals surface area contributed by atoms with E-state index in [2.05, 4.69) is 16.0 Å². The molecule has 1 atom stereocenters. The quantitative estimate of drug-likeness (QED) is 0.323. The number of imide groups is 1. The lowest BCUT2D eigenvalue weighted by atomic mass is 10.0. The number of rotatable bonds is 6. The van der Waals surface area contributed by atoms with Crippen molar-refractivity contribution in [2.45, 2.75) is 45.8 Å². The van der Waals surface area contributed by atoms with Gasteiger partial charge in [-0.3, -0.25) is 34.1 Å². The lowest BCUT2D eigenvalue weighted by Gasteiger charge is -2.29. The van der Waals surface area contributed by atoms with Crippen LogP contribution in [-0.4, -0.2) is 46.8 Å². The number of ketones is 1. The lowest BCUT2D eigenvalue weighted by molar-refractivity contribution is -0.137. The number of nitrogens with one attached hydrogen (secondary N) is 3. The van der Waals surface area contributed by atoms with Crippen LogP contribution in [0.5, 0.6) is 0 Å². The molecule has 10 nitrogen and oxygen atoms in total. The van der Waals surface area contributed by atoms with Gasteiger partial charge in [-0.2, -0.15) is 0 Å². The van der Waals surface area contributed by atoms with Gasteiger partial charge in [0, 0.05) is 41.4 Å². The van der Waals surface area contributed by atoms with Gasteiger partial charge < -0.3 is 15.5 Å². The minimum absolute atomic E-state index is 0.0226. The van der Waals surface area contributed by atoms with Crippen LogP contribution in [0, 0.1) is 0 Å². The van der Waals surface area contributed by atoms with Crippen molar-refractivity contribution in [2.75, 3.05) is 5.32 Å². The molecule has 0 bridgehead atoms. The van der Waals surface area contributed by atoms with Crippen LogP contribution in [0.4, 0.5) is 5.69 Å². The smallest absolute Gasteiger partial charge is 0.256 e. The van der Waals surface area contributed by atoms with Gasteiger partial charge in [-0.25, -0.2) is 0 Å². The Labute approximate surface area is 199 Å². The van der Waals surface area contributed by atoms with E-state index in [-0.39, 0.29) is 29.9 Å². The Hall–Kier alpha value is -3.86. The van der Waals surface area contributed by atoms with Crippen molar-refractivity contribution in [1.82, 2.24) is 15.5 Å². The van der Waals surface area contributed by atoms with Crippen LogP contribution in [0.1, 0.15) is 57.8 Å². The molecule has 2 aliphatic rings. The third kappa shape index (κ3) is 5.73. The van der Waals surface area contributed by atoms with Gasteiger partial charge in [0.05, 0.1) is 12.1 Å². The number of carbonyl (C=O) groups excluding carboxylic acids is 6. The van der Waals surface area contributed by atoms with Crippen molar-refractivity contribution in [3.05, 3.63) is 51.2 Å². The molecular formula is C23H24N4O6S. The minimum Gasteiger partial charge on any atom is -0.354 e. The lowest BCUT2D eigenvalue weighted by Crippen LogP contribution is -2.52. The van der Waals surface area contributed by atoms with Gasteiger partial charge in [-0.1, -0.05) is 0 Å². The highest BCUT2D eigenvalue weighted by Gasteiger charge is 2.40. The average molecular weight is 485 g/mol. The second-order valence-electron chi connectivity index (χ2n) is 7.76. The first-order valence-electron chi connectivity index (χ1n) is 10.5. The van der Waals surface area contributed by atoms with Crippen LogP contribution in [0.25, 0.3) is 0 Å². The van der Waals surface area contributed by atoms with E-state index >= 15 is 0 Å². The standard InChI is InChI=1S/C13H13N3O4S.C10H11NO2/c17-6-14-3-10-7-4-16(13(20)8(7)5-21-10)9-1-2-11(18)15-12(9)19;1-7(12)9-3-5-10(6-4-9)11-8(2)13/h5-6,9H,1-4H2,(H,14,17)(H,15,18,19);3-6H,1-2H3,(H,11,13). The Morgan fingerprint density at radius 3 is 2.47 bits per heavy atom. The summed E-state index contributed by atoms with van der Waals surface area (Å²) in [6.45, 7) is 3.67. The zero-order chi connectivity index (χ0) is 24.8. The van der Waals surface area contributed by atoms with E-state index in [0.29, 0.717) is 42.7 Å². The van der Waals surface area contributed by atoms with E-state index in [9.17, 15) is 28.8 Å². The zero-order valence-corrected chi connectivity index (χ0v) is 19.5. The number of hydrogen-bond acceptors (Lipinski definition) is 7. The molecule has 1 unspecified atom stereocenters. The van der Waals surface area contributed by atoms with Crippen LogP contribution < -0.4 is 16.0 Å². The number of carbonyl (C=O) groups is 6. The number of amides is 5. The molecule has 1 aromatic heterocycles. The first-order chi connectivity index (χ1) is 16.2. The van der Waals surface area contributed by atoms with E-state index in [0.717, 1.165) is 10.4 Å². The molecule has 1 fully saturated rings. The molecule has 3 heterocycles. The maximum Gasteiger partial charge on any atom is 0.256 e. The van der Waals surface area contributed by atoms with Gasteiger partial charge in [0.2, 0.25) is 24.1 Å². The summed E-state index contributed by atoms with van der Waals surface area (Å²) in [4.78, 5) is 69.8. The fourth-order valence-corrected chi connectivity index (χ4v) is 4.66. The highest BCUT2D eigenvalue weighted by molar-refractivity contribution is 7.10. The molecular weight excluding hydrogens is 460 g/mol. The van der Waals surface area contributed by atoms with Crippen LogP contribution in [0.15, 0.2) is 29.6 Å². The van der Waals surface area contributed by atoms with Gasteiger partial charge in [0.1, 0.15) is 6.04 Å². The van der Waals surface area contributed by atoms with Crippen LogP contribution in [0.3, 0.4) is 0 Å². The Bertz CT molecular complexity index is 1140. The molecule has 5 amide bonds. The van der Waals surface area contributed by atoms with Crippen molar-refractivity contribution in [3.8, 4) is 0 Å². The molecule has 1 saturated heterocycles. The fraction of sp³-hybridized carbons (Fsp3) is 0.304. The van der Waals surface area contributed by atoms with Gasteiger partial charge in [0.15, 0.2) is 5.78 Å². The van der Waals surface area contributed by atoms with Gasteiger partial charge in [-0.15, -0.1) is 11.3 Å².